The van der Waals surface area contributed by atoms with E-state index in [2.05, 4.69) is 30.7 Å². The molecule has 2 atom stereocenters. The van der Waals surface area contributed by atoms with Crippen LogP contribution < -0.4 is 37.3 Å². The molecule has 222 valence electrons. The van der Waals surface area contributed by atoms with Crippen LogP contribution in [-0.2, 0) is 14.3 Å². The van der Waals surface area contributed by atoms with Gasteiger partial charge in [-0.3, -0.25) is 19.9 Å². The fourth-order valence-corrected chi connectivity index (χ4v) is 4.45. The van der Waals surface area contributed by atoms with Crippen LogP contribution >= 0.6 is 0 Å². The number of halogens is 1. The predicted molar refractivity (Wildman–Crippen MR) is 154 cm³/mol. The first-order chi connectivity index (χ1) is 20.1. The van der Waals surface area contributed by atoms with E-state index < -0.39 is 23.9 Å². The second-order valence-electron chi connectivity index (χ2n) is 9.69. The molecule has 0 radical (unpaired) electrons. The topological polar surface area (TPSA) is 190 Å². The molecule has 13 nitrogen and oxygen atoms in total. The van der Waals surface area contributed by atoms with E-state index in [0.717, 1.165) is 11.2 Å². The lowest BCUT2D eigenvalue weighted by atomic mass is 9.99. The molecule has 3 aromatic rings. The summed E-state index contributed by atoms with van der Waals surface area (Å²) in [5, 5.41) is 9.28. The third-order valence-electron chi connectivity index (χ3n) is 6.79. The lowest BCUT2D eigenvalue weighted by Crippen LogP contribution is -2.36. The van der Waals surface area contributed by atoms with Crippen LogP contribution in [0.5, 0.6) is 5.75 Å². The van der Waals surface area contributed by atoms with Crippen molar-refractivity contribution < 1.29 is 28.2 Å². The first-order valence-corrected chi connectivity index (χ1v) is 13.1. The van der Waals surface area contributed by atoms with Gasteiger partial charge in [-0.2, -0.15) is 0 Å². The number of hydrogen-bond acceptors (Lipinski definition) is 9. The Balaban J connectivity index is 1.60. The van der Waals surface area contributed by atoms with E-state index in [4.69, 9.17) is 16.3 Å². The van der Waals surface area contributed by atoms with Crippen LogP contribution in [0.3, 0.4) is 0 Å². The van der Waals surface area contributed by atoms with E-state index in [1.165, 1.54) is 26.4 Å². The fraction of sp³-hybridized carbons (Fsp3) is 0.286. The highest BCUT2D eigenvalue weighted by Gasteiger charge is 2.24. The molecule has 0 saturated carbocycles. The number of nitrogens with one attached hydrogen (secondary N) is 4. The zero-order valence-corrected chi connectivity index (χ0v) is 23.4. The molecular formula is C28H33FN8O5. The fourth-order valence-electron chi connectivity index (χ4n) is 4.45. The number of benzene rings is 2. The van der Waals surface area contributed by atoms with Crippen molar-refractivity contribution in [3.05, 3.63) is 66.1 Å². The molecule has 0 fully saturated rings. The average molecular weight is 581 g/mol. The molecule has 0 saturated heterocycles. The lowest BCUT2D eigenvalue weighted by Gasteiger charge is -2.21. The molecule has 14 heteroatoms. The Morgan fingerprint density at radius 3 is 2.74 bits per heavy atom. The van der Waals surface area contributed by atoms with Gasteiger partial charge in [0.15, 0.2) is 11.6 Å². The van der Waals surface area contributed by atoms with Crippen molar-refractivity contribution in [2.75, 3.05) is 29.9 Å². The molecule has 0 aliphatic carbocycles. The lowest BCUT2D eigenvalue weighted by molar-refractivity contribution is -0.120. The molecule has 8 N–H and O–H groups in total. The summed E-state index contributed by atoms with van der Waals surface area (Å²) in [6, 6.07) is 8.82. The number of anilines is 3. The smallest absolute Gasteiger partial charge is 0.411 e. The number of imidazole rings is 1. The number of fused-ring (bicyclic) bond motifs is 4. The molecule has 0 spiro atoms. The Hall–Kier alpha value is -5.11. The van der Waals surface area contributed by atoms with E-state index in [-0.39, 0.29) is 29.0 Å². The highest BCUT2D eigenvalue weighted by atomic mass is 19.1. The zero-order valence-electron chi connectivity index (χ0n) is 23.4. The van der Waals surface area contributed by atoms with E-state index in [0.29, 0.717) is 47.7 Å². The van der Waals surface area contributed by atoms with E-state index in [1.807, 2.05) is 6.92 Å². The Labute approximate surface area is 241 Å². The highest BCUT2D eigenvalue weighted by molar-refractivity contribution is 5.98. The number of methoxy groups -OCH3 is 2. The Kier molecular flexibility index (Phi) is 9.27. The van der Waals surface area contributed by atoms with Crippen LogP contribution in [0.1, 0.15) is 38.1 Å². The standard InChI is InChI=1S/C28H33FN8O5/c1-15-6-4-7-19(35-27(39)18(30)14-37(31)22-8-5-9-23(41-2)24(22)29)25-32-13-21(34-25)17-11-10-16(33-28(40)42-3)12-20(17)36-26(15)38/h5,8-15,19H,4,6-7,30-31H2,1-3H3,(H,32,34)(H,33,40)(H,35,39)(H,36,38)/b18-14-. The predicted octanol–water partition coefficient (Wildman–Crippen LogP) is 3.50. The van der Waals surface area contributed by atoms with Gasteiger partial charge in [-0.1, -0.05) is 19.4 Å². The Bertz CT molecular complexity index is 1510. The van der Waals surface area contributed by atoms with Crippen LogP contribution in [0.2, 0.25) is 0 Å². The normalized spacial score (nSPS) is 17.1. The minimum Gasteiger partial charge on any atom is -0.494 e. The van der Waals surface area contributed by atoms with Crippen molar-refractivity contribution >= 4 is 35.0 Å². The number of carbonyl (C=O) groups is 3. The summed E-state index contributed by atoms with van der Waals surface area (Å²) < 4.78 is 24.3. The summed E-state index contributed by atoms with van der Waals surface area (Å²) in [5.74, 6) is 4.53. The quantitative estimate of drug-likeness (QED) is 0.144. The van der Waals surface area contributed by atoms with Gasteiger partial charge in [0, 0.05) is 17.2 Å². The van der Waals surface area contributed by atoms with Crippen molar-refractivity contribution in [3.8, 4) is 17.0 Å². The Morgan fingerprint density at radius 2 is 2.00 bits per heavy atom. The summed E-state index contributed by atoms with van der Waals surface area (Å²) in [6.45, 7) is 1.81. The van der Waals surface area contributed by atoms with Crippen LogP contribution in [0.25, 0.3) is 11.3 Å². The molecule has 1 aliphatic heterocycles. The summed E-state index contributed by atoms with van der Waals surface area (Å²) >= 11 is 0. The molecule has 3 amide bonds. The molecule has 42 heavy (non-hydrogen) atoms. The van der Waals surface area contributed by atoms with Crippen molar-refractivity contribution in [2.24, 2.45) is 17.5 Å². The van der Waals surface area contributed by atoms with Gasteiger partial charge in [0.1, 0.15) is 11.5 Å². The zero-order chi connectivity index (χ0) is 30.4. The number of aromatic amines is 1. The number of carbonyl (C=O) groups excluding carboxylic acids is 3. The second kappa shape index (κ2) is 13.0. The SMILES string of the molecule is COC(=O)Nc1ccc2c(c1)NC(=O)C(C)CCCC(NC(=O)/C(N)=C/N(N)c1cccc(OC)c1F)c1ncc-2[nH]1. The number of amides is 3. The van der Waals surface area contributed by atoms with Gasteiger partial charge in [-0.05, 0) is 43.2 Å². The summed E-state index contributed by atoms with van der Waals surface area (Å²) in [5.41, 5.74) is 7.80. The van der Waals surface area contributed by atoms with Crippen LogP contribution in [-0.4, -0.2) is 42.1 Å². The van der Waals surface area contributed by atoms with Crippen molar-refractivity contribution in [2.45, 2.75) is 32.2 Å². The molecule has 2 aromatic carbocycles. The van der Waals surface area contributed by atoms with Gasteiger partial charge in [0.25, 0.3) is 5.91 Å². The second-order valence-corrected chi connectivity index (χ2v) is 9.69. The van der Waals surface area contributed by atoms with Gasteiger partial charge in [-0.15, -0.1) is 0 Å². The molecule has 1 aromatic heterocycles. The van der Waals surface area contributed by atoms with Gasteiger partial charge >= 0.3 is 6.09 Å². The molecule has 1 aliphatic rings. The first kappa shape index (κ1) is 29.9. The largest absolute Gasteiger partial charge is 0.494 e. The highest BCUT2D eigenvalue weighted by Crippen LogP contribution is 2.33. The number of aromatic nitrogens is 2. The van der Waals surface area contributed by atoms with Crippen LogP contribution in [0, 0.1) is 11.7 Å². The number of nitrogens with two attached hydrogens (primary N) is 2. The molecule has 2 bridgehead atoms. The molecule has 2 unspecified atom stereocenters. The maximum atomic E-state index is 14.6. The van der Waals surface area contributed by atoms with Crippen molar-refractivity contribution in [1.29, 1.82) is 0 Å². The van der Waals surface area contributed by atoms with E-state index >= 15 is 0 Å². The summed E-state index contributed by atoms with van der Waals surface area (Å²) in [4.78, 5) is 45.5. The van der Waals surface area contributed by atoms with Gasteiger partial charge in [0.2, 0.25) is 5.91 Å². The molecule has 4 rings (SSSR count). The number of hydrazine groups is 1. The monoisotopic (exact) mass is 580 g/mol. The van der Waals surface area contributed by atoms with Crippen molar-refractivity contribution in [3.63, 3.8) is 0 Å². The Morgan fingerprint density at radius 1 is 1.21 bits per heavy atom. The van der Waals surface area contributed by atoms with Gasteiger partial charge in [0.05, 0.1) is 49.7 Å². The number of H-pyrrole nitrogens is 1. The van der Waals surface area contributed by atoms with Gasteiger partial charge in [-0.25, -0.2) is 20.0 Å². The molecular weight excluding hydrogens is 547 g/mol. The number of rotatable bonds is 6. The van der Waals surface area contributed by atoms with Crippen LogP contribution in [0.15, 0.2) is 54.5 Å². The number of hydrogen-bond donors (Lipinski definition) is 6. The average Bonchev–Trinajstić information content (AvgIpc) is 3.46. The third kappa shape index (κ3) is 6.78. The maximum absolute atomic E-state index is 14.6. The summed E-state index contributed by atoms with van der Waals surface area (Å²) in [7, 11) is 2.58. The van der Waals surface area contributed by atoms with Crippen molar-refractivity contribution in [1.82, 2.24) is 15.3 Å². The number of nitrogens with zero attached hydrogens (tertiary/aromatic N) is 2. The first-order valence-electron chi connectivity index (χ1n) is 13.1. The third-order valence-corrected chi connectivity index (χ3v) is 6.79. The minimum absolute atomic E-state index is 0.0124. The van der Waals surface area contributed by atoms with E-state index in [1.54, 1.807) is 30.5 Å². The maximum Gasteiger partial charge on any atom is 0.411 e. The molecule has 2 heterocycles. The van der Waals surface area contributed by atoms with Crippen LogP contribution in [0.4, 0.5) is 26.2 Å². The minimum atomic E-state index is -0.707. The summed E-state index contributed by atoms with van der Waals surface area (Å²) in [6.07, 6.45) is 3.60. The van der Waals surface area contributed by atoms with Gasteiger partial charge < -0.3 is 30.8 Å². The number of ether oxygens (including phenoxy) is 2. The van der Waals surface area contributed by atoms with E-state index in [9.17, 15) is 18.8 Å².